The van der Waals surface area contributed by atoms with Crippen molar-refractivity contribution < 1.29 is 29.2 Å². The van der Waals surface area contributed by atoms with Gasteiger partial charge in [-0.1, -0.05) is 0 Å². The predicted molar refractivity (Wildman–Crippen MR) is 64.3 cm³/mol. The molecule has 19 heavy (non-hydrogen) atoms. The van der Waals surface area contributed by atoms with Crippen molar-refractivity contribution >= 4 is 5.91 Å². The second-order valence-corrected chi connectivity index (χ2v) is 5.56. The van der Waals surface area contributed by atoms with Crippen molar-refractivity contribution in [2.24, 2.45) is 0 Å². The van der Waals surface area contributed by atoms with Crippen molar-refractivity contribution in [3.8, 4) is 0 Å². The van der Waals surface area contributed by atoms with Gasteiger partial charge in [0, 0.05) is 14.1 Å². The minimum absolute atomic E-state index is 0.250. The van der Waals surface area contributed by atoms with Gasteiger partial charge in [-0.05, 0) is 13.8 Å². The van der Waals surface area contributed by atoms with Crippen LogP contribution in [0.25, 0.3) is 0 Å². The Morgan fingerprint density at radius 1 is 1.32 bits per heavy atom. The van der Waals surface area contributed by atoms with Gasteiger partial charge in [-0.25, -0.2) is 0 Å². The van der Waals surface area contributed by atoms with E-state index >= 15 is 0 Å². The number of carbonyl (C=O) groups is 1. The van der Waals surface area contributed by atoms with E-state index in [2.05, 4.69) is 0 Å². The molecule has 2 aliphatic rings. The second kappa shape index (κ2) is 4.99. The van der Waals surface area contributed by atoms with Crippen LogP contribution in [0.5, 0.6) is 0 Å². The molecule has 0 radical (unpaired) electrons. The molecule has 2 aliphatic heterocycles. The maximum atomic E-state index is 11.8. The summed E-state index contributed by atoms with van der Waals surface area (Å²) in [5, 5.41) is 19.4. The van der Waals surface area contributed by atoms with E-state index in [0.29, 0.717) is 0 Å². The van der Waals surface area contributed by atoms with Gasteiger partial charge in [0.2, 0.25) is 0 Å². The summed E-state index contributed by atoms with van der Waals surface area (Å²) in [5.41, 5.74) is 0. The predicted octanol–water partition coefficient (Wildman–Crippen LogP) is -1.28. The minimum Gasteiger partial charge on any atom is -0.394 e. The highest BCUT2D eigenvalue weighted by Crippen LogP contribution is 2.39. The van der Waals surface area contributed by atoms with Crippen LogP contribution < -0.4 is 0 Å². The summed E-state index contributed by atoms with van der Waals surface area (Å²) in [4.78, 5) is 13.1. The summed E-state index contributed by atoms with van der Waals surface area (Å²) >= 11 is 0. The number of likely N-dealkylation sites (N-methyl/N-ethyl adjacent to an activating group) is 1. The Labute approximate surface area is 112 Å². The normalized spacial score (nSPS) is 38.0. The van der Waals surface area contributed by atoms with Gasteiger partial charge in [-0.15, -0.1) is 0 Å². The topological polar surface area (TPSA) is 88.5 Å². The summed E-state index contributed by atoms with van der Waals surface area (Å²) < 4.78 is 16.8. The molecule has 2 rings (SSSR count). The van der Waals surface area contributed by atoms with Crippen molar-refractivity contribution in [2.75, 3.05) is 20.7 Å². The standard InChI is InChI=1S/C12H21NO6/c1-12(2)18-8-6(5-14)17-9(10(8)19-12)7(15)11(16)13(3)4/h6-10,14-15H,5H2,1-4H3/t6-,7+,8-,9-,10-/m1/s1. The molecule has 0 aromatic rings. The molecule has 0 spiro atoms. The number of amides is 1. The smallest absolute Gasteiger partial charge is 0.253 e. The van der Waals surface area contributed by atoms with E-state index in [4.69, 9.17) is 14.2 Å². The van der Waals surface area contributed by atoms with Gasteiger partial charge in [0.05, 0.1) is 6.61 Å². The largest absolute Gasteiger partial charge is 0.394 e. The third kappa shape index (κ3) is 2.61. The molecule has 2 N–H and O–H groups in total. The molecular weight excluding hydrogens is 254 g/mol. The number of aliphatic hydroxyl groups excluding tert-OH is 2. The van der Waals surface area contributed by atoms with Crippen LogP contribution in [0.3, 0.4) is 0 Å². The Balaban J connectivity index is 2.16. The highest BCUT2D eigenvalue weighted by molar-refractivity contribution is 5.81. The molecule has 2 fully saturated rings. The first-order chi connectivity index (χ1) is 8.76. The maximum absolute atomic E-state index is 11.8. The van der Waals surface area contributed by atoms with Crippen molar-refractivity contribution in [1.82, 2.24) is 4.90 Å². The molecule has 7 nitrogen and oxygen atoms in total. The fourth-order valence-corrected chi connectivity index (χ4v) is 2.52. The summed E-state index contributed by atoms with van der Waals surface area (Å²) in [6.07, 6.45) is -3.81. The van der Waals surface area contributed by atoms with Gasteiger partial charge < -0.3 is 29.3 Å². The lowest BCUT2D eigenvalue weighted by atomic mass is 10.0. The highest BCUT2D eigenvalue weighted by atomic mass is 16.8. The molecule has 0 saturated carbocycles. The molecule has 0 aromatic heterocycles. The van der Waals surface area contributed by atoms with Crippen molar-refractivity contribution in [3.05, 3.63) is 0 Å². The number of ether oxygens (including phenoxy) is 3. The Kier molecular flexibility index (Phi) is 3.85. The first kappa shape index (κ1) is 14.7. The van der Waals surface area contributed by atoms with Crippen molar-refractivity contribution in [2.45, 2.75) is 50.2 Å². The first-order valence-corrected chi connectivity index (χ1v) is 6.28. The molecule has 7 heteroatoms. The summed E-state index contributed by atoms with van der Waals surface area (Å²) in [6, 6.07) is 0. The third-order valence-corrected chi connectivity index (χ3v) is 3.37. The summed E-state index contributed by atoms with van der Waals surface area (Å²) in [7, 11) is 3.11. The third-order valence-electron chi connectivity index (χ3n) is 3.37. The van der Waals surface area contributed by atoms with Crippen molar-refractivity contribution in [1.29, 1.82) is 0 Å². The molecule has 0 aromatic carbocycles. The highest BCUT2D eigenvalue weighted by Gasteiger charge is 2.57. The van der Waals surface area contributed by atoms with Crippen LogP contribution in [0.4, 0.5) is 0 Å². The van der Waals surface area contributed by atoms with Gasteiger partial charge in [0.15, 0.2) is 11.9 Å². The van der Waals surface area contributed by atoms with Crippen LogP contribution in [-0.4, -0.2) is 78.0 Å². The van der Waals surface area contributed by atoms with Gasteiger partial charge in [0.25, 0.3) is 5.91 Å². The molecular formula is C12H21NO6. The van der Waals surface area contributed by atoms with Crippen LogP contribution in [0.15, 0.2) is 0 Å². The number of carbonyl (C=O) groups excluding carboxylic acids is 1. The number of hydrogen-bond acceptors (Lipinski definition) is 6. The SMILES string of the molecule is CN(C)C(=O)[C@@H](O)[C@H]1O[C@H](CO)[C@H]2OC(C)(C)O[C@@H]12. The zero-order valence-electron chi connectivity index (χ0n) is 11.6. The second-order valence-electron chi connectivity index (χ2n) is 5.56. The summed E-state index contributed by atoms with van der Waals surface area (Å²) in [6.45, 7) is 3.24. The van der Waals surface area contributed by atoms with Gasteiger partial charge >= 0.3 is 0 Å². The minimum atomic E-state index is -1.34. The number of nitrogens with zero attached hydrogens (tertiary/aromatic N) is 1. The Morgan fingerprint density at radius 2 is 1.89 bits per heavy atom. The average molecular weight is 275 g/mol. The lowest BCUT2D eigenvalue weighted by Crippen LogP contribution is -2.47. The zero-order valence-corrected chi connectivity index (χ0v) is 11.6. The maximum Gasteiger partial charge on any atom is 0.253 e. The molecule has 1 amide bonds. The van der Waals surface area contributed by atoms with E-state index < -0.39 is 42.2 Å². The van der Waals surface area contributed by atoms with Crippen LogP contribution in [0, 0.1) is 0 Å². The quantitative estimate of drug-likeness (QED) is 0.666. The van der Waals surface area contributed by atoms with Crippen LogP contribution in [-0.2, 0) is 19.0 Å². The lowest BCUT2D eigenvalue weighted by molar-refractivity contribution is -0.202. The van der Waals surface area contributed by atoms with E-state index in [1.807, 2.05) is 0 Å². The van der Waals surface area contributed by atoms with Gasteiger partial charge in [-0.3, -0.25) is 4.79 Å². The number of fused-ring (bicyclic) bond motifs is 1. The van der Waals surface area contributed by atoms with E-state index in [1.165, 1.54) is 4.90 Å². The van der Waals surface area contributed by atoms with Gasteiger partial charge in [0.1, 0.15) is 24.4 Å². The van der Waals surface area contributed by atoms with Gasteiger partial charge in [-0.2, -0.15) is 0 Å². The first-order valence-electron chi connectivity index (χ1n) is 6.28. The van der Waals surface area contributed by atoms with Crippen LogP contribution in [0.1, 0.15) is 13.8 Å². The molecule has 2 saturated heterocycles. The van der Waals surface area contributed by atoms with E-state index in [0.717, 1.165) is 0 Å². The molecule has 5 atom stereocenters. The average Bonchev–Trinajstić information content (AvgIpc) is 2.79. The molecule has 0 bridgehead atoms. The Bertz CT molecular complexity index is 358. The molecule has 110 valence electrons. The molecule has 2 heterocycles. The molecule has 0 aliphatic carbocycles. The van der Waals surface area contributed by atoms with E-state index in [-0.39, 0.29) is 6.61 Å². The van der Waals surface area contributed by atoms with Crippen LogP contribution in [0.2, 0.25) is 0 Å². The number of rotatable bonds is 3. The number of hydrogen-bond donors (Lipinski definition) is 2. The van der Waals surface area contributed by atoms with E-state index in [9.17, 15) is 15.0 Å². The van der Waals surface area contributed by atoms with Crippen molar-refractivity contribution in [3.63, 3.8) is 0 Å². The fraction of sp³-hybridized carbons (Fsp3) is 0.917. The summed E-state index contributed by atoms with van der Waals surface area (Å²) in [5.74, 6) is -1.28. The monoisotopic (exact) mass is 275 g/mol. The number of aliphatic hydroxyl groups is 2. The molecule has 0 unspecified atom stereocenters. The van der Waals surface area contributed by atoms with E-state index in [1.54, 1.807) is 27.9 Å². The zero-order chi connectivity index (χ0) is 14.4. The Hall–Kier alpha value is -0.730. The fourth-order valence-electron chi connectivity index (χ4n) is 2.52. The lowest BCUT2D eigenvalue weighted by Gasteiger charge is -2.26. The van der Waals surface area contributed by atoms with Crippen LogP contribution >= 0.6 is 0 Å². The Morgan fingerprint density at radius 3 is 2.42 bits per heavy atom.